The molecule has 0 heterocycles. The number of rotatable bonds is 8. The van der Waals surface area contributed by atoms with Crippen LogP contribution in [0, 0.1) is 17.1 Å². The van der Waals surface area contributed by atoms with Gasteiger partial charge in [-0.05, 0) is 59.7 Å². The first-order valence-corrected chi connectivity index (χ1v) is 11.3. The highest BCUT2D eigenvalue weighted by Crippen LogP contribution is 2.33. The van der Waals surface area contributed by atoms with Gasteiger partial charge >= 0.3 is 5.97 Å². The molecule has 0 aliphatic carbocycles. The fourth-order valence-electron chi connectivity index (χ4n) is 3.13. The summed E-state index contributed by atoms with van der Waals surface area (Å²) >= 11 is 5.92. The largest absolute Gasteiger partial charge is 0.481 e. The Morgan fingerprint density at radius 2 is 1.94 bits per heavy atom. The van der Waals surface area contributed by atoms with Gasteiger partial charge in [-0.25, -0.2) is 17.6 Å². The molecular formula is C23H18ClFN2O5S. The van der Waals surface area contributed by atoms with E-state index < -0.39 is 28.4 Å². The molecule has 3 rings (SSSR count). The number of aliphatic carboxylic acids is 1. The third-order valence-corrected chi connectivity index (χ3v) is 6.68. The van der Waals surface area contributed by atoms with E-state index in [1.807, 2.05) is 6.07 Å². The molecule has 0 aliphatic rings. The Bertz CT molecular complexity index is 1360. The second kappa shape index (κ2) is 10.0. The summed E-state index contributed by atoms with van der Waals surface area (Å²) < 4.78 is 46.3. The number of sulfonamides is 1. The predicted octanol–water partition coefficient (Wildman–Crippen LogP) is 4.30. The molecule has 0 atom stereocenters. The van der Waals surface area contributed by atoms with Crippen LogP contribution in [0.25, 0.3) is 11.1 Å². The summed E-state index contributed by atoms with van der Waals surface area (Å²) in [5.74, 6) is -1.70. The smallest absolute Gasteiger partial charge is 0.341 e. The zero-order chi connectivity index (χ0) is 24.2. The molecule has 0 amide bonds. The Hall–Kier alpha value is -3.45. The van der Waals surface area contributed by atoms with Gasteiger partial charge in [-0.2, -0.15) is 9.57 Å². The van der Waals surface area contributed by atoms with Gasteiger partial charge in [0.25, 0.3) is 0 Å². The molecule has 0 unspecified atom stereocenters. The van der Waals surface area contributed by atoms with E-state index in [4.69, 9.17) is 26.7 Å². The van der Waals surface area contributed by atoms with Crippen molar-refractivity contribution in [3.05, 3.63) is 82.6 Å². The second-order valence-electron chi connectivity index (χ2n) is 7.07. The molecule has 0 saturated carbocycles. The van der Waals surface area contributed by atoms with Crippen LogP contribution in [0.4, 0.5) is 4.39 Å². The lowest BCUT2D eigenvalue weighted by atomic mass is 10.00. The Balaban J connectivity index is 2.00. The van der Waals surface area contributed by atoms with Gasteiger partial charge < -0.3 is 9.84 Å². The molecule has 0 bridgehead atoms. The standard InChI is InChI=1S/C23H18ClFN2O5S/c1-27(33(30,31)20-4-2-3-18(24)11-20)13-15-5-6-22(32-14-23(28)29)21(9-15)17-7-16(12-26)8-19(25)10-17/h2-11H,13-14H2,1H3,(H,28,29). The first kappa shape index (κ1) is 24.2. The third kappa shape index (κ3) is 5.87. The minimum atomic E-state index is -3.85. The van der Waals surface area contributed by atoms with Crippen molar-refractivity contribution in [3.8, 4) is 22.9 Å². The van der Waals surface area contributed by atoms with Gasteiger partial charge in [0.1, 0.15) is 11.6 Å². The predicted molar refractivity (Wildman–Crippen MR) is 120 cm³/mol. The molecule has 0 spiro atoms. The van der Waals surface area contributed by atoms with Gasteiger partial charge in [0.05, 0.1) is 16.5 Å². The quantitative estimate of drug-likeness (QED) is 0.506. The van der Waals surface area contributed by atoms with E-state index >= 15 is 0 Å². The summed E-state index contributed by atoms with van der Waals surface area (Å²) in [7, 11) is -2.45. The average Bonchev–Trinajstić information content (AvgIpc) is 2.77. The van der Waals surface area contributed by atoms with Crippen LogP contribution in [0.3, 0.4) is 0 Å². The van der Waals surface area contributed by atoms with E-state index in [0.717, 1.165) is 10.4 Å². The minimum Gasteiger partial charge on any atom is -0.481 e. The number of benzene rings is 3. The summed E-state index contributed by atoms with van der Waals surface area (Å²) in [6.07, 6.45) is 0. The van der Waals surface area contributed by atoms with Crippen LogP contribution in [0.1, 0.15) is 11.1 Å². The minimum absolute atomic E-state index is 0.0305. The van der Waals surface area contributed by atoms with Crippen LogP contribution < -0.4 is 4.74 Å². The van der Waals surface area contributed by atoms with Crippen molar-refractivity contribution in [2.75, 3.05) is 13.7 Å². The number of carboxylic acid groups (broad SMARTS) is 1. The van der Waals surface area contributed by atoms with Crippen molar-refractivity contribution >= 4 is 27.6 Å². The number of hydrogen-bond acceptors (Lipinski definition) is 5. The lowest BCUT2D eigenvalue weighted by Crippen LogP contribution is -2.26. The molecule has 3 aromatic rings. The van der Waals surface area contributed by atoms with Crippen molar-refractivity contribution in [3.63, 3.8) is 0 Å². The van der Waals surface area contributed by atoms with Gasteiger partial charge in [-0.15, -0.1) is 0 Å². The van der Waals surface area contributed by atoms with Crippen LogP contribution >= 0.6 is 11.6 Å². The van der Waals surface area contributed by atoms with Crippen molar-refractivity contribution < 1.29 is 27.4 Å². The van der Waals surface area contributed by atoms with Gasteiger partial charge in [0.15, 0.2) is 6.61 Å². The van der Waals surface area contributed by atoms with Crippen LogP contribution in [0.15, 0.2) is 65.6 Å². The molecule has 0 radical (unpaired) electrons. The molecule has 0 aliphatic heterocycles. The molecule has 0 saturated heterocycles. The van der Waals surface area contributed by atoms with Crippen LogP contribution in [0.2, 0.25) is 5.02 Å². The monoisotopic (exact) mass is 488 g/mol. The molecule has 7 nitrogen and oxygen atoms in total. The molecule has 3 aromatic carbocycles. The highest BCUT2D eigenvalue weighted by atomic mass is 35.5. The van der Waals surface area contributed by atoms with Gasteiger partial charge in [0.2, 0.25) is 10.0 Å². The van der Waals surface area contributed by atoms with E-state index in [2.05, 4.69) is 0 Å². The van der Waals surface area contributed by atoms with E-state index in [0.29, 0.717) is 11.1 Å². The van der Waals surface area contributed by atoms with Crippen LogP contribution in [-0.2, 0) is 21.4 Å². The maximum absolute atomic E-state index is 14.0. The molecule has 1 N–H and O–H groups in total. The highest BCUT2D eigenvalue weighted by molar-refractivity contribution is 7.89. The van der Waals surface area contributed by atoms with E-state index in [9.17, 15) is 17.6 Å². The Kier molecular flexibility index (Phi) is 7.33. The summed E-state index contributed by atoms with van der Waals surface area (Å²) in [6, 6.07) is 16.0. The average molecular weight is 489 g/mol. The molecule has 0 aromatic heterocycles. The number of ether oxygens (including phenoxy) is 1. The molecule has 170 valence electrons. The normalized spacial score (nSPS) is 11.2. The first-order valence-electron chi connectivity index (χ1n) is 9.50. The Morgan fingerprint density at radius 1 is 1.18 bits per heavy atom. The number of nitriles is 1. The lowest BCUT2D eigenvalue weighted by molar-refractivity contribution is -0.139. The van der Waals surface area contributed by atoms with E-state index in [1.165, 1.54) is 43.4 Å². The number of nitrogens with zero attached hydrogens (tertiary/aromatic N) is 2. The number of carboxylic acids is 1. The molecule has 0 fully saturated rings. The van der Waals surface area contributed by atoms with Gasteiger partial charge in [-0.3, -0.25) is 0 Å². The molecule has 33 heavy (non-hydrogen) atoms. The highest BCUT2D eigenvalue weighted by Gasteiger charge is 2.22. The van der Waals surface area contributed by atoms with Gasteiger partial charge in [0, 0.05) is 24.2 Å². The maximum Gasteiger partial charge on any atom is 0.341 e. The Labute approximate surface area is 195 Å². The zero-order valence-electron chi connectivity index (χ0n) is 17.3. The zero-order valence-corrected chi connectivity index (χ0v) is 18.9. The summed E-state index contributed by atoms with van der Waals surface area (Å²) in [5, 5.41) is 18.4. The third-order valence-electron chi connectivity index (χ3n) is 4.64. The fraction of sp³-hybridized carbons (Fsp3) is 0.130. The number of halogens is 2. The van der Waals surface area contributed by atoms with E-state index in [1.54, 1.807) is 18.2 Å². The SMILES string of the molecule is CN(Cc1ccc(OCC(=O)O)c(-c2cc(F)cc(C#N)c2)c1)S(=O)(=O)c1cccc(Cl)c1. The van der Waals surface area contributed by atoms with E-state index in [-0.39, 0.29) is 33.3 Å². The topological polar surface area (TPSA) is 108 Å². The second-order valence-corrected chi connectivity index (χ2v) is 9.55. The van der Waals surface area contributed by atoms with Crippen molar-refractivity contribution in [2.45, 2.75) is 11.4 Å². The summed E-state index contributed by atoms with van der Waals surface area (Å²) in [5.41, 5.74) is 1.20. The Morgan fingerprint density at radius 3 is 2.61 bits per heavy atom. The summed E-state index contributed by atoms with van der Waals surface area (Å²) in [6.45, 7) is -0.669. The van der Waals surface area contributed by atoms with Crippen molar-refractivity contribution in [1.29, 1.82) is 5.26 Å². The maximum atomic E-state index is 14.0. The molecule has 10 heteroatoms. The first-order chi connectivity index (χ1) is 15.6. The molecular weight excluding hydrogens is 471 g/mol. The van der Waals surface area contributed by atoms with Crippen molar-refractivity contribution in [1.82, 2.24) is 4.31 Å². The number of carbonyl (C=O) groups is 1. The fourth-order valence-corrected chi connectivity index (χ4v) is 4.59. The van der Waals surface area contributed by atoms with Crippen molar-refractivity contribution in [2.24, 2.45) is 0 Å². The van der Waals surface area contributed by atoms with Crippen LogP contribution in [0.5, 0.6) is 5.75 Å². The van der Waals surface area contributed by atoms with Gasteiger partial charge in [-0.1, -0.05) is 23.7 Å². The lowest BCUT2D eigenvalue weighted by Gasteiger charge is -2.19. The van der Waals surface area contributed by atoms with Crippen LogP contribution in [-0.4, -0.2) is 37.5 Å². The number of hydrogen-bond donors (Lipinski definition) is 1. The summed E-state index contributed by atoms with van der Waals surface area (Å²) in [4.78, 5) is 11.0.